The summed E-state index contributed by atoms with van der Waals surface area (Å²) in [7, 11) is -3.49. The molecular weight excluding hydrogens is 253 g/mol. The maximum atomic E-state index is 13.4. The van der Waals surface area contributed by atoms with Crippen LogP contribution < -0.4 is 0 Å². The number of halogens is 1. The van der Waals surface area contributed by atoms with Gasteiger partial charge in [-0.2, -0.15) is 8.42 Å². The second-order valence-electron chi connectivity index (χ2n) is 2.76. The highest BCUT2D eigenvalue weighted by molar-refractivity contribution is 7.90. The number of carbonyl (C=O) groups excluding carboxylic acids is 2. The first-order valence-corrected chi connectivity index (χ1v) is 5.59. The maximum Gasteiger partial charge on any atom is 0.342 e. The van der Waals surface area contributed by atoms with Gasteiger partial charge in [0.2, 0.25) is 0 Å². The van der Waals surface area contributed by atoms with Gasteiger partial charge in [-0.05, 0) is 12.1 Å². The van der Waals surface area contributed by atoms with E-state index in [1.165, 1.54) is 0 Å². The van der Waals surface area contributed by atoms with E-state index in [4.69, 9.17) is 0 Å². The van der Waals surface area contributed by atoms with Crippen molar-refractivity contribution in [3.05, 3.63) is 29.6 Å². The van der Waals surface area contributed by atoms with Crippen LogP contribution in [0, 0.1) is 5.82 Å². The van der Waals surface area contributed by atoms with Gasteiger partial charge in [0.25, 0.3) is 16.1 Å². The third kappa shape index (κ3) is 2.55. The monoisotopic (exact) mass is 259 g/mol. The molecular formula is C9H6FNO5S. The summed E-state index contributed by atoms with van der Waals surface area (Å²) in [6.45, 7) is 0. The zero-order chi connectivity index (χ0) is 13.1. The highest BCUT2D eigenvalue weighted by Crippen LogP contribution is 2.21. The molecule has 0 atom stereocenters. The molecule has 0 bridgehead atoms. The van der Waals surface area contributed by atoms with Crippen LogP contribution in [-0.2, 0) is 19.6 Å². The molecule has 0 fully saturated rings. The molecule has 0 spiro atoms. The van der Waals surface area contributed by atoms with Crippen LogP contribution in [-0.4, -0.2) is 27.6 Å². The molecule has 0 N–H and O–H groups in total. The second-order valence-corrected chi connectivity index (χ2v) is 4.33. The second kappa shape index (κ2) is 4.86. The van der Waals surface area contributed by atoms with E-state index in [1.807, 2.05) is 0 Å². The topological polar surface area (TPSA) is 89.9 Å². The molecule has 0 aliphatic rings. The van der Waals surface area contributed by atoms with E-state index in [9.17, 15) is 22.4 Å². The molecule has 90 valence electrons. The Kier molecular flexibility index (Phi) is 3.72. The molecule has 0 unspecified atom stereocenters. The van der Waals surface area contributed by atoms with Gasteiger partial charge in [0.05, 0.1) is 7.11 Å². The first kappa shape index (κ1) is 13.0. The number of carbonyl (C=O) groups is 1. The van der Waals surface area contributed by atoms with Gasteiger partial charge in [-0.25, -0.2) is 14.0 Å². The average Bonchev–Trinajstić information content (AvgIpc) is 2.27. The maximum absolute atomic E-state index is 13.4. The van der Waals surface area contributed by atoms with Gasteiger partial charge in [0, 0.05) is 0 Å². The fourth-order valence-electron chi connectivity index (χ4n) is 1.12. The minimum absolute atomic E-state index is 0.743. The van der Waals surface area contributed by atoms with Gasteiger partial charge in [-0.1, -0.05) is 10.5 Å². The number of ether oxygens (including phenoxy) is 1. The molecule has 0 saturated heterocycles. The highest BCUT2D eigenvalue weighted by Gasteiger charge is 2.25. The van der Waals surface area contributed by atoms with Crippen LogP contribution in [0.3, 0.4) is 0 Å². The summed E-state index contributed by atoms with van der Waals surface area (Å²) in [5, 5.41) is 0. The Bertz CT molecular complexity index is 604. The number of esters is 1. The first-order chi connectivity index (χ1) is 7.94. The Morgan fingerprint density at radius 1 is 1.47 bits per heavy atom. The Hall–Kier alpha value is -2.05. The molecule has 1 aromatic rings. The minimum atomic E-state index is -4.46. The standard InChI is InChI=1S/C9H6FNO5S/c1-16-9(13)8-6(10)3-2-4-7(8)17(14,15)11-5-12/h2-4H,1H3. The van der Waals surface area contributed by atoms with Crippen LogP contribution in [0.25, 0.3) is 0 Å². The van der Waals surface area contributed by atoms with Gasteiger partial charge >= 0.3 is 5.97 Å². The fourth-order valence-corrected chi connectivity index (χ4v) is 2.00. The van der Waals surface area contributed by atoms with Crippen molar-refractivity contribution in [1.82, 2.24) is 0 Å². The van der Waals surface area contributed by atoms with Gasteiger partial charge < -0.3 is 4.74 Å². The van der Waals surface area contributed by atoms with Crippen molar-refractivity contribution in [3.8, 4) is 0 Å². The van der Waals surface area contributed by atoms with Crippen molar-refractivity contribution in [3.63, 3.8) is 0 Å². The van der Waals surface area contributed by atoms with Crippen LogP contribution in [0.4, 0.5) is 4.39 Å². The van der Waals surface area contributed by atoms with E-state index in [-0.39, 0.29) is 0 Å². The third-order valence-corrected chi connectivity index (χ3v) is 3.01. The van der Waals surface area contributed by atoms with E-state index in [2.05, 4.69) is 9.13 Å². The van der Waals surface area contributed by atoms with Crippen LogP contribution in [0.2, 0.25) is 0 Å². The molecule has 17 heavy (non-hydrogen) atoms. The lowest BCUT2D eigenvalue weighted by Crippen LogP contribution is -2.11. The fraction of sp³-hybridized carbons (Fsp3) is 0.111. The van der Waals surface area contributed by atoms with Gasteiger partial charge in [0.15, 0.2) is 0 Å². The van der Waals surface area contributed by atoms with Crippen molar-refractivity contribution >= 4 is 22.1 Å². The zero-order valence-corrected chi connectivity index (χ0v) is 9.32. The van der Waals surface area contributed by atoms with Gasteiger partial charge in [-0.15, -0.1) is 0 Å². The highest BCUT2D eigenvalue weighted by atomic mass is 32.2. The summed E-state index contributed by atoms with van der Waals surface area (Å²) in [5.74, 6) is -2.26. The number of isocyanates is 1. The van der Waals surface area contributed by atoms with Crippen molar-refractivity contribution in [1.29, 1.82) is 0 Å². The van der Waals surface area contributed by atoms with Crippen LogP contribution in [0.1, 0.15) is 10.4 Å². The van der Waals surface area contributed by atoms with E-state index in [1.54, 1.807) is 0 Å². The summed E-state index contributed by atoms with van der Waals surface area (Å²) in [6, 6.07) is 2.89. The molecule has 0 saturated carbocycles. The lowest BCUT2D eigenvalue weighted by Gasteiger charge is -2.05. The normalized spacial score (nSPS) is 10.5. The molecule has 1 rings (SSSR count). The van der Waals surface area contributed by atoms with Crippen LogP contribution >= 0.6 is 0 Å². The molecule has 0 aliphatic carbocycles. The molecule has 0 amide bonds. The lowest BCUT2D eigenvalue weighted by atomic mass is 10.2. The molecule has 0 radical (unpaired) electrons. The van der Waals surface area contributed by atoms with E-state index in [0.29, 0.717) is 0 Å². The number of benzene rings is 1. The summed E-state index contributed by atoms with van der Waals surface area (Å²) in [5.41, 5.74) is -0.797. The molecule has 1 aromatic carbocycles. The van der Waals surface area contributed by atoms with Crippen molar-refractivity contribution in [2.24, 2.45) is 4.40 Å². The Morgan fingerprint density at radius 3 is 2.65 bits per heavy atom. The van der Waals surface area contributed by atoms with E-state index in [0.717, 1.165) is 31.4 Å². The summed E-state index contributed by atoms with van der Waals surface area (Å²) < 4.78 is 43.0. The Labute approximate surface area is 95.8 Å². The molecule has 6 nitrogen and oxygen atoms in total. The number of nitrogens with zero attached hydrogens (tertiary/aromatic N) is 1. The molecule has 8 heteroatoms. The van der Waals surface area contributed by atoms with Gasteiger partial charge in [0.1, 0.15) is 16.3 Å². The zero-order valence-electron chi connectivity index (χ0n) is 8.51. The number of hydrogen-bond acceptors (Lipinski definition) is 5. The molecule has 0 aliphatic heterocycles. The van der Waals surface area contributed by atoms with E-state index >= 15 is 0 Å². The average molecular weight is 259 g/mol. The van der Waals surface area contributed by atoms with Crippen molar-refractivity contribution in [2.45, 2.75) is 4.90 Å². The number of hydrogen-bond donors (Lipinski definition) is 0. The Morgan fingerprint density at radius 2 is 2.12 bits per heavy atom. The van der Waals surface area contributed by atoms with Crippen molar-refractivity contribution < 1.29 is 27.1 Å². The Balaban J connectivity index is 3.61. The van der Waals surface area contributed by atoms with Crippen LogP contribution in [0.5, 0.6) is 0 Å². The third-order valence-electron chi connectivity index (χ3n) is 1.80. The predicted octanol–water partition coefficient (Wildman–Crippen LogP) is 0.637. The lowest BCUT2D eigenvalue weighted by molar-refractivity contribution is 0.0590. The SMILES string of the molecule is COC(=O)c1c(F)cccc1S(=O)(=O)N=C=O. The minimum Gasteiger partial charge on any atom is -0.465 e. The first-order valence-electron chi connectivity index (χ1n) is 4.15. The molecule has 0 heterocycles. The van der Waals surface area contributed by atoms with E-state index < -0.39 is 32.3 Å². The molecule has 0 aromatic heterocycles. The quantitative estimate of drug-likeness (QED) is 0.451. The van der Waals surface area contributed by atoms with Crippen LogP contribution in [0.15, 0.2) is 27.5 Å². The number of rotatable bonds is 3. The van der Waals surface area contributed by atoms with Crippen molar-refractivity contribution in [2.75, 3.05) is 7.11 Å². The predicted molar refractivity (Wildman–Crippen MR) is 53.0 cm³/mol. The summed E-state index contributed by atoms with van der Waals surface area (Å²) in [4.78, 5) is 20.4. The summed E-state index contributed by atoms with van der Waals surface area (Å²) in [6.07, 6.45) is 0.823. The largest absolute Gasteiger partial charge is 0.465 e. The number of sulfonamides is 1. The smallest absolute Gasteiger partial charge is 0.342 e. The number of methoxy groups -OCH3 is 1. The van der Waals surface area contributed by atoms with Gasteiger partial charge in [-0.3, -0.25) is 0 Å². The summed E-state index contributed by atoms with van der Waals surface area (Å²) >= 11 is 0.